The molecule has 0 radical (unpaired) electrons. The zero-order valence-electron chi connectivity index (χ0n) is 25.3. The molecule has 7 nitrogen and oxygen atoms in total. The fraction of sp³-hybridized carbons (Fsp3) is 0.278. The van der Waals surface area contributed by atoms with Crippen molar-refractivity contribution in [3.63, 3.8) is 0 Å². The number of hydrogen-bond donors (Lipinski definition) is 2. The van der Waals surface area contributed by atoms with Gasteiger partial charge in [-0.15, -0.1) is 11.3 Å². The maximum Gasteiger partial charge on any atom is 0.238 e. The number of fused-ring (bicyclic) bond motifs is 1. The average molecular weight is 642 g/mol. The van der Waals surface area contributed by atoms with Crippen LogP contribution in [-0.2, 0) is 33.5 Å². The quantitative estimate of drug-likeness (QED) is 0.139. The standard InChI is InChI=1S/C36H39N3O4S2/c1-2-14-31(34(40)36-38-30-21-12-13-22-33(30)44-36)37-35(41)32(26-45(42,43)25-29-19-10-5-11-20-29)39(23-27-15-6-3-7-16-27)24-28-17-8-4-9-18-28/h3-13,15-22,31-32,34,40H,2,14,23-26H2,1H3,(H,37,41)/t31?,32?,34-/m1/s1. The Balaban J connectivity index is 1.47. The number of sulfone groups is 1. The number of aliphatic hydroxyl groups excluding tert-OH is 1. The number of aliphatic hydroxyl groups is 1. The number of thiazole rings is 1. The van der Waals surface area contributed by atoms with E-state index in [2.05, 4.69) is 10.3 Å². The van der Waals surface area contributed by atoms with Gasteiger partial charge in [0.05, 0.1) is 27.8 Å². The molecule has 234 valence electrons. The Kier molecular flexibility index (Phi) is 11.1. The molecule has 0 saturated carbocycles. The first-order valence-corrected chi connectivity index (χ1v) is 17.9. The smallest absolute Gasteiger partial charge is 0.238 e. The lowest BCUT2D eigenvalue weighted by Crippen LogP contribution is -2.53. The molecule has 0 bridgehead atoms. The Morgan fingerprint density at radius 1 is 0.822 bits per heavy atom. The van der Waals surface area contributed by atoms with E-state index >= 15 is 0 Å². The van der Waals surface area contributed by atoms with Gasteiger partial charge >= 0.3 is 0 Å². The molecular weight excluding hydrogens is 603 g/mol. The summed E-state index contributed by atoms with van der Waals surface area (Å²) in [7, 11) is -3.72. The third-order valence-electron chi connectivity index (χ3n) is 7.71. The SMILES string of the molecule is CCCC(NC(=O)C(CS(=O)(=O)Cc1ccccc1)N(Cc1ccccc1)Cc1ccccc1)[C@@H](O)c1nc2ccccc2s1. The topological polar surface area (TPSA) is 99.6 Å². The van der Waals surface area contributed by atoms with Crippen LogP contribution in [0.1, 0.15) is 47.6 Å². The van der Waals surface area contributed by atoms with Crippen molar-refractivity contribution >= 4 is 37.3 Å². The van der Waals surface area contributed by atoms with E-state index in [1.165, 1.54) is 11.3 Å². The minimum Gasteiger partial charge on any atom is -0.384 e. The van der Waals surface area contributed by atoms with Crippen LogP contribution in [0.3, 0.4) is 0 Å². The van der Waals surface area contributed by atoms with E-state index in [-0.39, 0.29) is 11.5 Å². The Morgan fingerprint density at radius 2 is 1.36 bits per heavy atom. The van der Waals surface area contributed by atoms with Gasteiger partial charge in [0.1, 0.15) is 17.2 Å². The third kappa shape index (κ3) is 9.08. The second-order valence-electron chi connectivity index (χ2n) is 11.3. The van der Waals surface area contributed by atoms with Crippen molar-refractivity contribution in [3.05, 3.63) is 137 Å². The Hall–Kier alpha value is -3.89. The van der Waals surface area contributed by atoms with Gasteiger partial charge in [-0.25, -0.2) is 13.4 Å². The van der Waals surface area contributed by atoms with Crippen LogP contribution in [0.25, 0.3) is 10.2 Å². The maximum atomic E-state index is 14.3. The van der Waals surface area contributed by atoms with E-state index < -0.39 is 33.9 Å². The highest BCUT2D eigenvalue weighted by molar-refractivity contribution is 7.90. The highest BCUT2D eigenvalue weighted by atomic mass is 32.2. The number of rotatable bonds is 15. The summed E-state index contributed by atoms with van der Waals surface area (Å²) < 4.78 is 28.4. The van der Waals surface area contributed by atoms with Crippen molar-refractivity contribution in [2.75, 3.05) is 5.75 Å². The van der Waals surface area contributed by atoms with Crippen molar-refractivity contribution in [2.24, 2.45) is 0 Å². The number of amides is 1. The largest absolute Gasteiger partial charge is 0.384 e. The van der Waals surface area contributed by atoms with Gasteiger partial charge in [-0.1, -0.05) is 116 Å². The van der Waals surface area contributed by atoms with Crippen LogP contribution in [0.5, 0.6) is 0 Å². The number of nitrogens with one attached hydrogen (secondary N) is 1. The monoisotopic (exact) mass is 641 g/mol. The summed E-state index contributed by atoms with van der Waals surface area (Å²) in [5.74, 6) is -0.977. The number of benzene rings is 4. The van der Waals surface area contributed by atoms with Crippen molar-refractivity contribution in [1.82, 2.24) is 15.2 Å². The number of carbonyl (C=O) groups excluding carboxylic acids is 1. The first kappa shape index (κ1) is 32.5. The summed E-state index contributed by atoms with van der Waals surface area (Å²) in [5, 5.41) is 15.1. The van der Waals surface area contributed by atoms with Crippen molar-refractivity contribution in [3.8, 4) is 0 Å². The molecule has 5 aromatic rings. The minimum atomic E-state index is -3.72. The zero-order chi connectivity index (χ0) is 31.6. The molecule has 9 heteroatoms. The molecule has 5 rings (SSSR count). The van der Waals surface area contributed by atoms with E-state index in [1.54, 1.807) is 12.1 Å². The van der Waals surface area contributed by atoms with Crippen molar-refractivity contribution in [1.29, 1.82) is 0 Å². The molecular formula is C36H39N3O4S2. The van der Waals surface area contributed by atoms with Crippen molar-refractivity contribution in [2.45, 2.75) is 56.8 Å². The maximum absolute atomic E-state index is 14.3. The summed E-state index contributed by atoms with van der Waals surface area (Å²) in [6, 6.07) is 34.5. The van der Waals surface area contributed by atoms with Crippen molar-refractivity contribution < 1.29 is 18.3 Å². The van der Waals surface area contributed by atoms with Gasteiger partial charge in [0.2, 0.25) is 5.91 Å². The number of carbonyl (C=O) groups is 1. The van der Waals surface area contributed by atoms with Crippen LogP contribution in [0, 0.1) is 0 Å². The number of hydrogen-bond acceptors (Lipinski definition) is 7. The molecule has 1 aromatic heterocycles. The summed E-state index contributed by atoms with van der Waals surface area (Å²) in [5.41, 5.74) is 3.39. The Bertz CT molecular complexity index is 1690. The second kappa shape index (κ2) is 15.4. The Labute approximate surface area is 269 Å². The lowest BCUT2D eigenvalue weighted by atomic mass is 10.0. The van der Waals surface area contributed by atoms with Gasteiger partial charge in [-0.3, -0.25) is 9.69 Å². The van der Waals surface area contributed by atoms with Crippen LogP contribution in [-0.4, -0.2) is 47.2 Å². The van der Waals surface area contributed by atoms with Gasteiger partial charge in [0.25, 0.3) is 0 Å². The van der Waals surface area contributed by atoms with Crippen LogP contribution in [0.2, 0.25) is 0 Å². The van der Waals surface area contributed by atoms with E-state index in [4.69, 9.17) is 0 Å². The minimum absolute atomic E-state index is 0.172. The van der Waals surface area contributed by atoms with Gasteiger partial charge in [-0.2, -0.15) is 0 Å². The van der Waals surface area contributed by atoms with E-state index in [1.807, 2.05) is 115 Å². The summed E-state index contributed by atoms with van der Waals surface area (Å²) in [4.78, 5) is 20.9. The van der Waals surface area contributed by atoms with E-state index in [0.29, 0.717) is 36.5 Å². The van der Waals surface area contributed by atoms with E-state index in [0.717, 1.165) is 21.3 Å². The molecule has 0 aliphatic rings. The van der Waals surface area contributed by atoms with Crippen LogP contribution in [0.4, 0.5) is 0 Å². The molecule has 45 heavy (non-hydrogen) atoms. The molecule has 4 aromatic carbocycles. The highest BCUT2D eigenvalue weighted by Gasteiger charge is 2.34. The molecule has 1 heterocycles. The number of aromatic nitrogens is 1. The first-order valence-electron chi connectivity index (χ1n) is 15.2. The lowest BCUT2D eigenvalue weighted by Gasteiger charge is -2.33. The fourth-order valence-corrected chi connectivity index (χ4v) is 8.15. The molecule has 2 N–H and O–H groups in total. The fourth-order valence-electron chi connectivity index (χ4n) is 5.47. The lowest BCUT2D eigenvalue weighted by molar-refractivity contribution is -0.128. The van der Waals surface area contributed by atoms with E-state index in [9.17, 15) is 18.3 Å². The number of nitrogens with zero attached hydrogens (tertiary/aromatic N) is 2. The molecule has 0 saturated heterocycles. The summed E-state index contributed by atoms with van der Waals surface area (Å²) in [6.45, 7) is 2.73. The third-order valence-corrected chi connectivity index (χ3v) is 10.4. The molecule has 1 amide bonds. The van der Waals surface area contributed by atoms with Crippen LogP contribution < -0.4 is 5.32 Å². The van der Waals surface area contributed by atoms with Gasteiger partial charge < -0.3 is 10.4 Å². The van der Waals surface area contributed by atoms with Crippen LogP contribution >= 0.6 is 11.3 Å². The molecule has 3 atom stereocenters. The normalized spacial score (nSPS) is 13.8. The predicted molar refractivity (Wildman–Crippen MR) is 181 cm³/mol. The number of para-hydroxylation sites is 1. The second-order valence-corrected chi connectivity index (χ2v) is 14.5. The Morgan fingerprint density at radius 3 is 1.91 bits per heavy atom. The molecule has 0 aliphatic carbocycles. The first-order chi connectivity index (χ1) is 21.8. The summed E-state index contributed by atoms with van der Waals surface area (Å²) in [6.07, 6.45) is 0.176. The molecule has 0 aliphatic heterocycles. The van der Waals surface area contributed by atoms with Gasteiger partial charge in [0.15, 0.2) is 9.84 Å². The van der Waals surface area contributed by atoms with Gasteiger partial charge in [-0.05, 0) is 35.2 Å². The summed E-state index contributed by atoms with van der Waals surface area (Å²) >= 11 is 1.40. The molecule has 0 fully saturated rings. The highest BCUT2D eigenvalue weighted by Crippen LogP contribution is 2.29. The zero-order valence-corrected chi connectivity index (χ0v) is 27.0. The van der Waals surface area contributed by atoms with Gasteiger partial charge in [0, 0.05) is 13.1 Å². The van der Waals surface area contributed by atoms with Crippen LogP contribution in [0.15, 0.2) is 115 Å². The predicted octanol–water partition coefficient (Wildman–Crippen LogP) is 6.30. The average Bonchev–Trinajstić information content (AvgIpc) is 3.49. The molecule has 0 spiro atoms. The molecule has 2 unspecified atom stereocenters.